The number of hydrogen-bond donors (Lipinski definition) is 0. The maximum absolute atomic E-state index is 12.8. The second-order valence-electron chi connectivity index (χ2n) is 6.69. The van der Waals surface area contributed by atoms with Crippen molar-refractivity contribution in [3.05, 3.63) is 66.1 Å². The molecule has 28 heavy (non-hydrogen) atoms. The summed E-state index contributed by atoms with van der Waals surface area (Å²) in [5.74, 6) is 2.91. The van der Waals surface area contributed by atoms with Gasteiger partial charge in [-0.05, 0) is 55.0 Å². The first-order valence-electron chi connectivity index (χ1n) is 9.13. The van der Waals surface area contributed by atoms with E-state index in [4.69, 9.17) is 9.47 Å². The number of methoxy groups -OCH3 is 2. The molecule has 0 spiro atoms. The fraction of sp³-hybridized carbons (Fsp3) is 0.273. The Morgan fingerprint density at radius 3 is 2.21 bits per heavy atom. The van der Waals surface area contributed by atoms with Gasteiger partial charge in [0, 0.05) is 11.1 Å². The van der Waals surface area contributed by atoms with Crippen LogP contribution in [0, 0.1) is 0 Å². The summed E-state index contributed by atoms with van der Waals surface area (Å²) in [7, 11) is 3.29. The van der Waals surface area contributed by atoms with Gasteiger partial charge in [-0.2, -0.15) is 0 Å². The van der Waals surface area contributed by atoms with Gasteiger partial charge in [0.05, 0.1) is 27.2 Å². The average molecular weight is 443 g/mol. The van der Waals surface area contributed by atoms with Crippen LogP contribution < -0.4 is 31.0 Å². The van der Waals surface area contributed by atoms with Crippen LogP contribution >= 0.6 is 0 Å². The van der Waals surface area contributed by atoms with Gasteiger partial charge < -0.3 is 26.5 Å². The monoisotopic (exact) mass is 442 g/mol. The topological polar surface area (TPSA) is 44.3 Å². The number of carbonyl (C=O) groups is 1. The van der Waals surface area contributed by atoms with Gasteiger partial charge in [0.2, 0.25) is 5.78 Å². The van der Waals surface area contributed by atoms with E-state index in [9.17, 15) is 4.79 Å². The summed E-state index contributed by atoms with van der Waals surface area (Å²) in [6, 6.07) is 15.4. The van der Waals surface area contributed by atoms with E-state index >= 15 is 0 Å². The van der Waals surface area contributed by atoms with Crippen LogP contribution in [0.2, 0.25) is 0 Å². The molecular weight excluding hydrogens is 420 g/mol. The van der Waals surface area contributed by atoms with E-state index in [0.29, 0.717) is 12.1 Å². The zero-order valence-corrected chi connectivity index (χ0v) is 17.6. The van der Waals surface area contributed by atoms with Crippen molar-refractivity contribution in [2.75, 3.05) is 14.2 Å². The lowest BCUT2D eigenvalue weighted by molar-refractivity contribution is -0.689. The van der Waals surface area contributed by atoms with Gasteiger partial charge in [-0.15, -0.1) is 0 Å². The highest BCUT2D eigenvalue weighted by Crippen LogP contribution is 2.26. The van der Waals surface area contributed by atoms with Crippen molar-refractivity contribution in [1.29, 1.82) is 0 Å². The molecule has 0 N–H and O–H groups in total. The van der Waals surface area contributed by atoms with E-state index in [1.165, 1.54) is 5.82 Å². The molecule has 0 saturated heterocycles. The SMILES string of the molecule is COc1ccc(C(=O)C[n+]2cc(-c3ccc(OC)cc3)n3c2CCC3)cc1.[Br-]. The molecule has 2 heterocycles. The Bertz CT molecular complexity index is 963. The second kappa shape index (κ2) is 8.61. The molecule has 6 heteroatoms. The molecule has 1 aromatic heterocycles. The van der Waals surface area contributed by atoms with Crippen molar-refractivity contribution in [2.45, 2.75) is 25.9 Å². The van der Waals surface area contributed by atoms with Crippen LogP contribution in [0.25, 0.3) is 11.3 Å². The Balaban J connectivity index is 0.00000225. The van der Waals surface area contributed by atoms with E-state index in [1.807, 2.05) is 36.4 Å². The number of carbonyl (C=O) groups excluding carboxylic acids is 1. The van der Waals surface area contributed by atoms with Crippen LogP contribution in [-0.2, 0) is 19.5 Å². The lowest BCUT2D eigenvalue weighted by Crippen LogP contribution is -3.00. The third-order valence-corrected chi connectivity index (χ3v) is 5.11. The van der Waals surface area contributed by atoms with Crippen LogP contribution in [0.15, 0.2) is 54.7 Å². The average Bonchev–Trinajstić information content (AvgIpc) is 3.32. The smallest absolute Gasteiger partial charge is 0.257 e. The molecule has 0 unspecified atom stereocenters. The maximum atomic E-state index is 12.8. The lowest BCUT2D eigenvalue weighted by Gasteiger charge is -2.02. The quantitative estimate of drug-likeness (QED) is 0.407. The van der Waals surface area contributed by atoms with Crippen LogP contribution in [0.3, 0.4) is 0 Å². The number of rotatable bonds is 6. The molecule has 4 rings (SSSR count). The standard InChI is InChI=1S/C22H23N2O3.BrH/c1-26-18-9-5-16(6-10-18)20-14-23(22-4-3-13-24(20)22)15-21(25)17-7-11-19(27-2)12-8-17;/h5-12,14H,3-4,13,15H2,1-2H3;1H/q+1;/p-1. The Hall–Kier alpha value is -2.60. The number of halogens is 1. The van der Waals surface area contributed by atoms with Crippen molar-refractivity contribution >= 4 is 5.78 Å². The molecular formula is C22H23BrN2O3. The zero-order valence-electron chi connectivity index (χ0n) is 16.0. The van der Waals surface area contributed by atoms with Gasteiger partial charge in [-0.25, -0.2) is 9.13 Å². The number of aromatic nitrogens is 2. The Morgan fingerprint density at radius 1 is 1.00 bits per heavy atom. The Labute approximate surface area is 175 Å². The van der Waals surface area contributed by atoms with E-state index in [0.717, 1.165) is 42.1 Å². The first-order valence-corrected chi connectivity index (χ1v) is 9.13. The second-order valence-corrected chi connectivity index (χ2v) is 6.69. The molecule has 0 amide bonds. The third-order valence-electron chi connectivity index (χ3n) is 5.11. The number of ether oxygens (including phenoxy) is 2. The molecule has 0 aliphatic carbocycles. The zero-order chi connectivity index (χ0) is 18.8. The van der Waals surface area contributed by atoms with E-state index < -0.39 is 0 Å². The molecule has 2 aromatic carbocycles. The molecule has 0 radical (unpaired) electrons. The van der Waals surface area contributed by atoms with E-state index in [1.54, 1.807) is 14.2 Å². The van der Waals surface area contributed by atoms with Gasteiger partial charge in [0.25, 0.3) is 5.82 Å². The van der Waals surface area contributed by atoms with Crippen molar-refractivity contribution < 1.29 is 35.8 Å². The van der Waals surface area contributed by atoms with E-state index in [-0.39, 0.29) is 22.8 Å². The minimum Gasteiger partial charge on any atom is -1.00 e. The molecule has 5 nitrogen and oxygen atoms in total. The summed E-state index contributed by atoms with van der Waals surface area (Å²) >= 11 is 0. The number of Topliss-reactive ketones (excluding diaryl/α,β-unsaturated/α-hetero) is 1. The third kappa shape index (κ3) is 3.83. The molecule has 0 saturated carbocycles. The van der Waals surface area contributed by atoms with Crippen molar-refractivity contribution in [3.63, 3.8) is 0 Å². The minimum atomic E-state index is 0. The van der Waals surface area contributed by atoms with Gasteiger partial charge in [0.1, 0.15) is 17.7 Å². The van der Waals surface area contributed by atoms with Crippen molar-refractivity contribution in [1.82, 2.24) is 4.57 Å². The minimum absolute atomic E-state index is 0. The highest BCUT2D eigenvalue weighted by Gasteiger charge is 2.29. The highest BCUT2D eigenvalue weighted by molar-refractivity contribution is 5.95. The van der Waals surface area contributed by atoms with Gasteiger partial charge >= 0.3 is 0 Å². The fourth-order valence-electron chi connectivity index (χ4n) is 3.66. The number of fused-ring (bicyclic) bond motifs is 1. The molecule has 3 aromatic rings. The molecule has 1 aliphatic heterocycles. The van der Waals surface area contributed by atoms with Crippen molar-refractivity contribution in [2.24, 2.45) is 0 Å². The summed E-state index contributed by atoms with van der Waals surface area (Å²) < 4.78 is 14.8. The van der Waals surface area contributed by atoms with Crippen molar-refractivity contribution in [3.8, 4) is 22.8 Å². The van der Waals surface area contributed by atoms with Crippen LogP contribution in [-0.4, -0.2) is 24.6 Å². The fourth-order valence-corrected chi connectivity index (χ4v) is 3.66. The summed E-state index contributed by atoms with van der Waals surface area (Å²) in [6.07, 6.45) is 4.19. The first-order chi connectivity index (χ1) is 13.2. The Kier molecular flexibility index (Phi) is 6.19. The molecule has 0 atom stereocenters. The molecule has 0 fully saturated rings. The van der Waals surface area contributed by atoms with Crippen LogP contribution in [0.5, 0.6) is 11.5 Å². The van der Waals surface area contributed by atoms with E-state index in [2.05, 4.69) is 27.5 Å². The molecule has 1 aliphatic rings. The summed E-state index contributed by atoms with van der Waals surface area (Å²) in [6.45, 7) is 1.33. The lowest BCUT2D eigenvalue weighted by atomic mass is 10.1. The molecule has 146 valence electrons. The van der Waals surface area contributed by atoms with Gasteiger partial charge in [-0.3, -0.25) is 4.79 Å². The normalized spacial score (nSPS) is 12.2. The number of ketones is 1. The maximum Gasteiger partial charge on any atom is 0.257 e. The van der Waals surface area contributed by atoms with Crippen LogP contribution in [0.1, 0.15) is 22.6 Å². The Morgan fingerprint density at radius 2 is 1.61 bits per heavy atom. The number of imidazole rings is 1. The van der Waals surface area contributed by atoms with Crippen LogP contribution in [0.4, 0.5) is 0 Å². The summed E-state index contributed by atoms with van der Waals surface area (Å²) in [5, 5.41) is 0. The summed E-state index contributed by atoms with van der Waals surface area (Å²) in [5.41, 5.74) is 2.98. The summed E-state index contributed by atoms with van der Waals surface area (Å²) in [4.78, 5) is 12.8. The molecule has 0 bridgehead atoms. The number of nitrogens with zero attached hydrogens (tertiary/aromatic N) is 2. The van der Waals surface area contributed by atoms with Gasteiger partial charge in [-0.1, -0.05) is 0 Å². The number of hydrogen-bond acceptors (Lipinski definition) is 3. The van der Waals surface area contributed by atoms with Gasteiger partial charge in [0.15, 0.2) is 12.2 Å². The number of benzene rings is 2. The predicted octanol–water partition coefficient (Wildman–Crippen LogP) is 0.293. The largest absolute Gasteiger partial charge is 1.00 e. The first kappa shape index (κ1) is 20.1. The highest BCUT2D eigenvalue weighted by atomic mass is 79.9. The predicted molar refractivity (Wildman–Crippen MR) is 102 cm³/mol.